The Morgan fingerprint density at radius 2 is 1.86 bits per heavy atom. The standard InChI is InChI=1S/C28H36F2N4O3/c1-28(2,30)18-34-13-9-19(10-14-34)17-37-25-6-4-22(16-32-25)23-5-3-21(15-24(23)29)27(36)33-26(35)20-7-11-31-12-8-20/h3-6,15-16,19-20,31H,7-14,17-18H2,1-2H3,(H,33,35,36). The first-order valence-corrected chi connectivity index (χ1v) is 13.0. The number of rotatable bonds is 8. The van der Waals surface area contributed by atoms with Gasteiger partial charge in [-0.2, -0.15) is 0 Å². The van der Waals surface area contributed by atoms with Crippen molar-refractivity contribution in [2.75, 3.05) is 39.3 Å². The van der Waals surface area contributed by atoms with Crippen LogP contribution in [-0.4, -0.2) is 66.7 Å². The van der Waals surface area contributed by atoms with Crippen LogP contribution in [0.15, 0.2) is 36.5 Å². The van der Waals surface area contributed by atoms with E-state index in [2.05, 4.69) is 20.5 Å². The maximum atomic E-state index is 14.9. The molecule has 2 saturated heterocycles. The third kappa shape index (κ3) is 7.79. The molecular formula is C28H36F2N4O3. The zero-order valence-corrected chi connectivity index (χ0v) is 21.6. The third-order valence-electron chi connectivity index (χ3n) is 7.00. The fraction of sp³-hybridized carbons (Fsp3) is 0.536. The van der Waals surface area contributed by atoms with Gasteiger partial charge in [0.15, 0.2) is 0 Å². The van der Waals surface area contributed by atoms with E-state index >= 15 is 0 Å². The van der Waals surface area contributed by atoms with Crippen molar-refractivity contribution in [2.24, 2.45) is 11.8 Å². The number of halogens is 2. The molecule has 7 nitrogen and oxygen atoms in total. The second kappa shape index (κ2) is 12.1. The maximum absolute atomic E-state index is 14.9. The Morgan fingerprint density at radius 1 is 1.14 bits per heavy atom. The van der Waals surface area contributed by atoms with Crippen molar-refractivity contribution in [2.45, 2.75) is 45.2 Å². The summed E-state index contributed by atoms with van der Waals surface area (Å²) >= 11 is 0. The Balaban J connectivity index is 1.28. The molecule has 3 heterocycles. The first-order chi connectivity index (χ1) is 17.7. The van der Waals surface area contributed by atoms with E-state index in [9.17, 15) is 18.4 Å². The molecule has 200 valence electrons. The lowest BCUT2D eigenvalue weighted by Crippen LogP contribution is -2.41. The number of amides is 2. The van der Waals surface area contributed by atoms with Gasteiger partial charge in [0, 0.05) is 41.4 Å². The van der Waals surface area contributed by atoms with Gasteiger partial charge in [0.25, 0.3) is 5.91 Å². The number of imide groups is 1. The summed E-state index contributed by atoms with van der Waals surface area (Å²) in [5.74, 6) is -0.842. The van der Waals surface area contributed by atoms with Crippen LogP contribution in [-0.2, 0) is 4.79 Å². The van der Waals surface area contributed by atoms with E-state index in [-0.39, 0.29) is 17.4 Å². The molecule has 0 aliphatic carbocycles. The van der Waals surface area contributed by atoms with E-state index in [0.29, 0.717) is 48.9 Å². The van der Waals surface area contributed by atoms with Crippen LogP contribution in [0.4, 0.5) is 8.78 Å². The van der Waals surface area contributed by atoms with Crippen LogP contribution in [0, 0.1) is 17.7 Å². The van der Waals surface area contributed by atoms with Crippen molar-refractivity contribution in [1.29, 1.82) is 0 Å². The zero-order chi connectivity index (χ0) is 26.4. The van der Waals surface area contributed by atoms with E-state index in [0.717, 1.165) is 45.1 Å². The van der Waals surface area contributed by atoms with Crippen molar-refractivity contribution in [3.8, 4) is 17.0 Å². The van der Waals surface area contributed by atoms with Crippen molar-refractivity contribution in [3.05, 3.63) is 47.9 Å². The highest BCUT2D eigenvalue weighted by molar-refractivity contribution is 6.05. The number of alkyl halides is 1. The summed E-state index contributed by atoms with van der Waals surface area (Å²) in [5, 5.41) is 5.57. The molecule has 0 saturated carbocycles. The fourth-order valence-corrected chi connectivity index (χ4v) is 4.93. The minimum Gasteiger partial charge on any atom is -0.477 e. The van der Waals surface area contributed by atoms with E-state index < -0.39 is 17.4 Å². The van der Waals surface area contributed by atoms with Gasteiger partial charge in [-0.1, -0.05) is 6.07 Å². The molecule has 0 atom stereocenters. The molecule has 2 fully saturated rings. The van der Waals surface area contributed by atoms with Crippen LogP contribution in [0.2, 0.25) is 0 Å². The van der Waals surface area contributed by atoms with Gasteiger partial charge in [-0.05, 0) is 89.8 Å². The number of benzene rings is 1. The first kappa shape index (κ1) is 27.1. The summed E-state index contributed by atoms with van der Waals surface area (Å²) in [6, 6.07) is 7.59. The number of piperidine rings is 2. The number of nitrogens with one attached hydrogen (secondary N) is 2. The van der Waals surface area contributed by atoms with Crippen molar-refractivity contribution >= 4 is 11.8 Å². The summed E-state index contributed by atoms with van der Waals surface area (Å²) in [6.07, 6.45) is 4.79. The van der Waals surface area contributed by atoms with Crippen LogP contribution in [0.5, 0.6) is 5.88 Å². The van der Waals surface area contributed by atoms with Gasteiger partial charge < -0.3 is 15.0 Å². The molecular weight excluding hydrogens is 478 g/mol. The molecule has 4 rings (SSSR count). The lowest BCUT2D eigenvalue weighted by molar-refractivity contribution is -0.124. The molecule has 2 N–H and O–H groups in total. The largest absolute Gasteiger partial charge is 0.477 e. The van der Waals surface area contributed by atoms with Crippen LogP contribution >= 0.6 is 0 Å². The SMILES string of the molecule is CC(C)(F)CN1CCC(COc2ccc(-c3ccc(C(=O)NC(=O)C4CCNCC4)cc3F)cn2)CC1. The van der Waals surface area contributed by atoms with Crippen molar-refractivity contribution in [3.63, 3.8) is 0 Å². The molecule has 1 aromatic carbocycles. The second-order valence-corrected chi connectivity index (χ2v) is 10.7. The normalized spacial score (nSPS) is 17.9. The summed E-state index contributed by atoms with van der Waals surface area (Å²) in [4.78, 5) is 31.2. The number of aromatic nitrogens is 1. The molecule has 0 spiro atoms. The Bertz CT molecular complexity index is 1070. The molecule has 9 heteroatoms. The number of carbonyl (C=O) groups excluding carboxylic acids is 2. The highest BCUT2D eigenvalue weighted by atomic mass is 19.1. The number of hydrogen-bond donors (Lipinski definition) is 2. The first-order valence-electron chi connectivity index (χ1n) is 13.0. The lowest BCUT2D eigenvalue weighted by atomic mass is 9.97. The summed E-state index contributed by atoms with van der Waals surface area (Å²) in [6.45, 7) is 7.39. The van der Waals surface area contributed by atoms with Gasteiger partial charge in [-0.25, -0.2) is 13.8 Å². The molecule has 2 aliphatic rings. The number of likely N-dealkylation sites (tertiary alicyclic amines) is 1. The highest BCUT2D eigenvalue weighted by Crippen LogP contribution is 2.26. The molecule has 37 heavy (non-hydrogen) atoms. The molecule has 1 aromatic heterocycles. The van der Waals surface area contributed by atoms with Gasteiger partial charge >= 0.3 is 0 Å². The Hall–Kier alpha value is -2.91. The topological polar surface area (TPSA) is 83.6 Å². The maximum Gasteiger partial charge on any atom is 0.257 e. The monoisotopic (exact) mass is 514 g/mol. The molecule has 2 aliphatic heterocycles. The molecule has 2 amide bonds. The van der Waals surface area contributed by atoms with Gasteiger partial charge in [-0.15, -0.1) is 0 Å². The van der Waals surface area contributed by atoms with Crippen LogP contribution < -0.4 is 15.4 Å². The molecule has 2 aromatic rings. The highest BCUT2D eigenvalue weighted by Gasteiger charge is 2.26. The molecule has 0 radical (unpaired) electrons. The smallest absolute Gasteiger partial charge is 0.257 e. The average molecular weight is 515 g/mol. The van der Waals surface area contributed by atoms with Crippen molar-refractivity contribution in [1.82, 2.24) is 20.5 Å². The van der Waals surface area contributed by atoms with Crippen LogP contribution in [0.3, 0.4) is 0 Å². The average Bonchev–Trinajstić information content (AvgIpc) is 2.88. The Labute approximate surface area is 217 Å². The number of nitrogens with zero attached hydrogens (tertiary/aromatic N) is 2. The van der Waals surface area contributed by atoms with Gasteiger partial charge in [0.1, 0.15) is 11.5 Å². The van der Waals surface area contributed by atoms with Gasteiger partial charge in [0.05, 0.1) is 6.61 Å². The second-order valence-electron chi connectivity index (χ2n) is 10.7. The summed E-state index contributed by atoms with van der Waals surface area (Å²) in [5.41, 5.74) is -0.224. The van der Waals surface area contributed by atoms with Crippen LogP contribution in [0.1, 0.15) is 49.9 Å². The minimum absolute atomic E-state index is 0.0950. The summed E-state index contributed by atoms with van der Waals surface area (Å²) < 4.78 is 34.6. The zero-order valence-electron chi connectivity index (χ0n) is 21.6. The molecule has 0 unspecified atom stereocenters. The summed E-state index contributed by atoms with van der Waals surface area (Å²) in [7, 11) is 0. The predicted molar refractivity (Wildman–Crippen MR) is 138 cm³/mol. The van der Waals surface area contributed by atoms with Crippen molar-refractivity contribution < 1.29 is 23.1 Å². The van der Waals surface area contributed by atoms with E-state index in [1.807, 2.05) is 0 Å². The number of hydrogen-bond acceptors (Lipinski definition) is 6. The number of pyridine rings is 1. The third-order valence-corrected chi connectivity index (χ3v) is 7.00. The Kier molecular flexibility index (Phi) is 8.87. The lowest BCUT2D eigenvalue weighted by Gasteiger charge is -2.34. The van der Waals surface area contributed by atoms with E-state index in [4.69, 9.17) is 4.74 Å². The van der Waals surface area contributed by atoms with Crippen LogP contribution in [0.25, 0.3) is 11.1 Å². The fourth-order valence-electron chi connectivity index (χ4n) is 4.93. The van der Waals surface area contributed by atoms with Gasteiger partial charge in [0.2, 0.25) is 11.8 Å². The van der Waals surface area contributed by atoms with E-state index in [1.54, 1.807) is 32.2 Å². The Morgan fingerprint density at radius 3 is 2.49 bits per heavy atom. The quantitative estimate of drug-likeness (QED) is 0.519. The number of carbonyl (C=O) groups is 2. The number of ether oxygens (including phenoxy) is 1. The van der Waals surface area contributed by atoms with E-state index in [1.165, 1.54) is 12.1 Å². The molecule has 0 bridgehead atoms. The minimum atomic E-state index is -1.19. The van der Waals surface area contributed by atoms with Gasteiger partial charge in [-0.3, -0.25) is 14.9 Å². The predicted octanol–water partition coefficient (Wildman–Crippen LogP) is 3.98.